The fourth-order valence-corrected chi connectivity index (χ4v) is 3.24. The van der Waals surface area contributed by atoms with Crippen LogP contribution in [0.4, 0.5) is 5.69 Å². The normalized spacial score (nSPS) is 14.6. The molecule has 1 aromatic rings. The Hall–Kier alpha value is -2.04. The van der Waals surface area contributed by atoms with Crippen LogP contribution < -0.4 is 20.7 Å². The van der Waals surface area contributed by atoms with Gasteiger partial charge < -0.3 is 25.6 Å². The van der Waals surface area contributed by atoms with Crippen molar-refractivity contribution in [1.29, 1.82) is 0 Å². The summed E-state index contributed by atoms with van der Waals surface area (Å²) in [5, 5.41) is 8.76. The molecule has 0 saturated carbocycles. The summed E-state index contributed by atoms with van der Waals surface area (Å²) in [5.74, 6) is 2.00. The number of ether oxygens (including phenoxy) is 1. The Balaban J connectivity index is 0.00000420. The minimum absolute atomic E-state index is 0. The number of piperidine rings is 1. The van der Waals surface area contributed by atoms with Crippen LogP contribution in [0.5, 0.6) is 5.75 Å². The predicted molar refractivity (Wildman–Crippen MR) is 126 cm³/mol. The lowest BCUT2D eigenvalue weighted by atomic mass is 9.93. The molecular formula is C20H32IN5O3. The first-order chi connectivity index (χ1) is 13.5. The van der Waals surface area contributed by atoms with Crippen LogP contribution in [0.1, 0.15) is 26.2 Å². The Morgan fingerprint density at radius 2 is 2.00 bits per heavy atom. The van der Waals surface area contributed by atoms with Crippen LogP contribution in [-0.4, -0.2) is 63.0 Å². The Labute approximate surface area is 189 Å². The number of carbonyl (C=O) groups is 2. The van der Waals surface area contributed by atoms with Gasteiger partial charge in [0.15, 0.2) is 5.96 Å². The van der Waals surface area contributed by atoms with Crippen molar-refractivity contribution in [2.45, 2.75) is 26.2 Å². The summed E-state index contributed by atoms with van der Waals surface area (Å²) >= 11 is 0. The summed E-state index contributed by atoms with van der Waals surface area (Å²) in [7, 11) is 3.46. The Morgan fingerprint density at radius 1 is 1.28 bits per heavy atom. The molecule has 2 rings (SSSR count). The molecule has 2 amide bonds. The Morgan fingerprint density at radius 3 is 2.62 bits per heavy atom. The third kappa shape index (κ3) is 8.88. The molecule has 0 atom stereocenters. The van der Waals surface area contributed by atoms with Gasteiger partial charge in [-0.25, -0.2) is 0 Å². The summed E-state index contributed by atoms with van der Waals surface area (Å²) in [4.78, 5) is 29.2. The number of likely N-dealkylation sites (tertiary alicyclic amines) is 1. The molecule has 1 aliphatic rings. The monoisotopic (exact) mass is 517 g/mol. The molecule has 1 fully saturated rings. The lowest BCUT2D eigenvalue weighted by molar-refractivity contribution is -0.121. The zero-order chi connectivity index (χ0) is 20.4. The number of carbonyl (C=O) groups excluding carboxylic acids is 2. The molecule has 0 bridgehead atoms. The van der Waals surface area contributed by atoms with E-state index in [0.717, 1.165) is 31.9 Å². The Kier molecular flexibility index (Phi) is 11.4. The second-order valence-electron chi connectivity index (χ2n) is 6.84. The average Bonchev–Trinajstić information content (AvgIpc) is 2.68. The molecule has 162 valence electrons. The standard InChI is InChI=1S/C20H31N5O3.HI/c1-15(26)24-17-5-4-6-18(14-17)28-12-9-23-20(22-3)25-10-7-16(8-11-25)13-19(27)21-2;/h4-6,14,16H,7-13H2,1-3H3,(H,21,27)(H,22,23)(H,24,26);1H. The van der Waals surface area contributed by atoms with Crippen LogP contribution in [0.15, 0.2) is 29.3 Å². The first-order valence-corrected chi connectivity index (χ1v) is 9.68. The van der Waals surface area contributed by atoms with Gasteiger partial charge in [-0.3, -0.25) is 14.6 Å². The Bertz CT molecular complexity index is 690. The number of guanidine groups is 1. The second kappa shape index (κ2) is 13.2. The molecule has 1 heterocycles. The van der Waals surface area contributed by atoms with Crippen LogP contribution in [0.3, 0.4) is 0 Å². The van der Waals surface area contributed by atoms with Crippen molar-refractivity contribution in [3.05, 3.63) is 24.3 Å². The van der Waals surface area contributed by atoms with E-state index in [1.807, 2.05) is 18.2 Å². The van der Waals surface area contributed by atoms with Gasteiger partial charge >= 0.3 is 0 Å². The number of nitrogens with one attached hydrogen (secondary N) is 3. The van der Waals surface area contributed by atoms with Crippen molar-refractivity contribution in [2.75, 3.05) is 45.7 Å². The molecule has 1 aliphatic heterocycles. The van der Waals surface area contributed by atoms with Gasteiger partial charge in [0.05, 0.1) is 6.54 Å². The highest BCUT2D eigenvalue weighted by molar-refractivity contribution is 14.0. The average molecular weight is 517 g/mol. The largest absolute Gasteiger partial charge is 0.492 e. The molecule has 9 heteroatoms. The van der Waals surface area contributed by atoms with E-state index in [1.165, 1.54) is 6.92 Å². The number of nitrogens with zero attached hydrogens (tertiary/aromatic N) is 2. The molecule has 0 radical (unpaired) electrons. The van der Waals surface area contributed by atoms with Crippen LogP contribution in [-0.2, 0) is 9.59 Å². The topological polar surface area (TPSA) is 95.1 Å². The number of amides is 2. The highest BCUT2D eigenvalue weighted by atomic mass is 127. The fraction of sp³-hybridized carbons (Fsp3) is 0.550. The summed E-state index contributed by atoms with van der Waals surface area (Å²) in [6.45, 7) is 4.36. The number of hydrogen-bond acceptors (Lipinski definition) is 4. The van der Waals surface area contributed by atoms with E-state index in [0.29, 0.717) is 36.9 Å². The van der Waals surface area contributed by atoms with E-state index >= 15 is 0 Å². The van der Waals surface area contributed by atoms with Crippen LogP contribution in [0.2, 0.25) is 0 Å². The van der Waals surface area contributed by atoms with E-state index in [2.05, 4.69) is 25.8 Å². The fourth-order valence-electron chi connectivity index (χ4n) is 3.24. The quantitative estimate of drug-likeness (QED) is 0.223. The third-order valence-corrected chi connectivity index (χ3v) is 4.69. The molecule has 3 N–H and O–H groups in total. The number of hydrogen-bond donors (Lipinski definition) is 3. The summed E-state index contributed by atoms with van der Waals surface area (Å²) in [6.07, 6.45) is 2.57. The summed E-state index contributed by atoms with van der Waals surface area (Å²) in [6, 6.07) is 7.32. The predicted octanol–water partition coefficient (Wildman–Crippen LogP) is 2.07. The van der Waals surface area contributed by atoms with Gasteiger partial charge in [-0.2, -0.15) is 0 Å². The number of rotatable bonds is 7. The zero-order valence-corrected chi connectivity index (χ0v) is 19.7. The smallest absolute Gasteiger partial charge is 0.221 e. The van der Waals surface area contributed by atoms with Gasteiger partial charge in [-0.15, -0.1) is 24.0 Å². The van der Waals surface area contributed by atoms with Gasteiger partial charge in [0.25, 0.3) is 0 Å². The molecule has 0 spiro atoms. The number of aliphatic imine (C=N–C) groups is 1. The summed E-state index contributed by atoms with van der Waals surface area (Å²) < 4.78 is 5.75. The van der Waals surface area contributed by atoms with E-state index in [4.69, 9.17) is 4.74 Å². The van der Waals surface area contributed by atoms with Crippen molar-refractivity contribution in [3.63, 3.8) is 0 Å². The SMILES string of the molecule is CN=C(NCCOc1cccc(NC(C)=O)c1)N1CCC(CC(=O)NC)CC1.I. The van der Waals surface area contributed by atoms with Crippen molar-refractivity contribution >= 4 is 47.4 Å². The molecule has 0 unspecified atom stereocenters. The minimum Gasteiger partial charge on any atom is -0.492 e. The van der Waals surface area contributed by atoms with Crippen LogP contribution in [0, 0.1) is 5.92 Å². The first kappa shape index (κ1) is 25.0. The maximum atomic E-state index is 11.5. The molecule has 8 nitrogen and oxygen atoms in total. The zero-order valence-electron chi connectivity index (χ0n) is 17.4. The lowest BCUT2D eigenvalue weighted by Crippen LogP contribution is -2.46. The van der Waals surface area contributed by atoms with Gasteiger partial charge in [-0.1, -0.05) is 6.07 Å². The molecular weight excluding hydrogens is 485 g/mol. The van der Waals surface area contributed by atoms with E-state index in [1.54, 1.807) is 20.2 Å². The van der Waals surface area contributed by atoms with E-state index < -0.39 is 0 Å². The van der Waals surface area contributed by atoms with Gasteiger partial charge in [0.1, 0.15) is 12.4 Å². The highest BCUT2D eigenvalue weighted by Gasteiger charge is 2.22. The first-order valence-electron chi connectivity index (χ1n) is 9.68. The molecule has 1 aromatic carbocycles. The maximum absolute atomic E-state index is 11.5. The lowest BCUT2D eigenvalue weighted by Gasteiger charge is -2.34. The number of halogens is 1. The van der Waals surface area contributed by atoms with E-state index in [9.17, 15) is 9.59 Å². The van der Waals surface area contributed by atoms with Crippen LogP contribution in [0.25, 0.3) is 0 Å². The van der Waals surface area contributed by atoms with Crippen LogP contribution >= 0.6 is 24.0 Å². The van der Waals surface area contributed by atoms with Crippen molar-refractivity contribution in [2.24, 2.45) is 10.9 Å². The molecule has 1 saturated heterocycles. The second-order valence-corrected chi connectivity index (χ2v) is 6.84. The number of benzene rings is 1. The van der Waals surface area contributed by atoms with Crippen molar-refractivity contribution in [3.8, 4) is 5.75 Å². The summed E-state index contributed by atoms with van der Waals surface area (Å²) in [5.41, 5.74) is 0.716. The van der Waals surface area contributed by atoms with Gasteiger partial charge in [-0.05, 0) is 30.9 Å². The maximum Gasteiger partial charge on any atom is 0.221 e. The third-order valence-electron chi connectivity index (χ3n) is 4.69. The van der Waals surface area contributed by atoms with Crippen molar-refractivity contribution in [1.82, 2.24) is 15.5 Å². The highest BCUT2D eigenvalue weighted by Crippen LogP contribution is 2.20. The van der Waals surface area contributed by atoms with Gasteiger partial charge in [0.2, 0.25) is 11.8 Å². The van der Waals surface area contributed by atoms with E-state index in [-0.39, 0.29) is 35.8 Å². The van der Waals surface area contributed by atoms with Gasteiger partial charge in [0, 0.05) is 52.3 Å². The minimum atomic E-state index is -0.110. The van der Waals surface area contributed by atoms with Crippen molar-refractivity contribution < 1.29 is 14.3 Å². The molecule has 0 aliphatic carbocycles. The molecule has 0 aromatic heterocycles. The number of anilines is 1. The molecule has 29 heavy (non-hydrogen) atoms.